The number of rotatable bonds is 3. The highest BCUT2D eigenvalue weighted by atomic mass is 15.3. The molecular formula is C13H22N4. The second-order valence-corrected chi connectivity index (χ2v) is 5.47. The van der Waals surface area contributed by atoms with E-state index in [0.717, 1.165) is 12.2 Å². The van der Waals surface area contributed by atoms with E-state index in [0.29, 0.717) is 12.1 Å². The minimum Gasteiger partial charge on any atom is -0.314 e. The number of nitrogens with zero attached hydrogens (tertiary/aromatic N) is 3. The maximum Gasteiger partial charge on any atom is 0.134 e. The van der Waals surface area contributed by atoms with Crippen LogP contribution in [0.2, 0.25) is 0 Å². The fourth-order valence-electron chi connectivity index (χ4n) is 3.34. The van der Waals surface area contributed by atoms with Gasteiger partial charge in [-0.25, -0.2) is 0 Å². The van der Waals surface area contributed by atoms with Gasteiger partial charge in [0, 0.05) is 18.5 Å². The Balaban J connectivity index is 1.78. The lowest BCUT2D eigenvalue weighted by molar-refractivity contribution is 0.468. The minimum absolute atomic E-state index is 0.624. The predicted octanol–water partition coefficient (Wildman–Crippen LogP) is 2.00. The monoisotopic (exact) mass is 234 g/mol. The standard InChI is InChI=1S/C13H22N4/c1-10-15-16-13(9-11-5-4-8-14-11)17(10)12-6-2-3-7-12/h11-12,14H,2-9H2,1H3. The van der Waals surface area contributed by atoms with Gasteiger partial charge in [-0.15, -0.1) is 10.2 Å². The van der Waals surface area contributed by atoms with Crippen molar-refractivity contribution in [2.45, 2.75) is 64.0 Å². The molecule has 3 rings (SSSR count). The molecule has 1 saturated carbocycles. The summed E-state index contributed by atoms with van der Waals surface area (Å²) in [7, 11) is 0. The minimum atomic E-state index is 0.624. The normalized spacial score (nSPS) is 25.8. The summed E-state index contributed by atoms with van der Waals surface area (Å²) >= 11 is 0. The van der Waals surface area contributed by atoms with Gasteiger partial charge in [-0.1, -0.05) is 12.8 Å². The largest absolute Gasteiger partial charge is 0.314 e. The summed E-state index contributed by atoms with van der Waals surface area (Å²) < 4.78 is 2.41. The third kappa shape index (κ3) is 2.23. The van der Waals surface area contributed by atoms with Crippen molar-refractivity contribution in [1.29, 1.82) is 0 Å². The first-order valence-electron chi connectivity index (χ1n) is 6.98. The van der Waals surface area contributed by atoms with Crippen LogP contribution in [-0.4, -0.2) is 27.4 Å². The molecule has 2 heterocycles. The Kier molecular flexibility index (Phi) is 3.14. The SMILES string of the molecule is Cc1nnc(CC2CCCN2)n1C1CCCC1. The lowest BCUT2D eigenvalue weighted by Gasteiger charge is -2.17. The van der Waals surface area contributed by atoms with E-state index >= 15 is 0 Å². The predicted molar refractivity (Wildman–Crippen MR) is 67.0 cm³/mol. The zero-order chi connectivity index (χ0) is 11.7. The van der Waals surface area contributed by atoms with Crippen LogP contribution in [0.1, 0.15) is 56.2 Å². The topological polar surface area (TPSA) is 42.7 Å². The molecule has 1 aromatic heterocycles. The molecule has 1 aromatic rings. The first-order chi connectivity index (χ1) is 8.34. The molecule has 1 N–H and O–H groups in total. The molecule has 1 saturated heterocycles. The summed E-state index contributed by atoms with van der Waals surface area (Å²) in [4.78, 5) is 0. The summed E-state index contributed by atoms with van der Waals surface area (Å²) in [5.74, 6) is 2.30. The van der Waals surface area contributed by atoms with E-state index in [4.69, 9.17) is 0 Å². The molecule has 0 spiro atoms. The van der Waals surface area contributed by atoms with Crippen molar-refractivity contribution in [1.82, 2.24) is 20.1 Å². The molecule has 17 heavy (non-hydrogen) atoms. The second-order valence-electron chi connectivity index (χ2n) is 5.47. The van der Waals surface area contributed by atoms with Gasteiger partial charge in [-0.05, 0) is 39.2 Å². The van der Waals surface area contributed by atoms with Crippen molar-refractivity contribution in [3.63, 3.8) is 0 Å². The van der Waals surface area contributed by atoms with Gasteiger partial charge in [0.1, 0.15) is 11.6 Å². The molecule has 0 bridgehead atoms. The van der Waals surface area contributed by atoms with Crippen LogP contribution in [0.25, 0.3) is 0 Å². The molecular weight excluding hydrogens is 212 g/mol. The van der Waals surface area contributed by atoms with E-state index in [2.05, 4.69) is 27.0 Å². The van der Waals surface area contributed by atoms with Crippen LogP contribution < -0.4 is 5.32 Å². The zero-order valence-corrected chi connectivity index (χ0v) is 10.7. The average Bonchev–Trinajstić information content (AvgIpc) is 3.01. The third-order valence-electron chi connectivity index (χ3n) is 4.22. The molecule has 0 radical (unpaired) electrons. The second kappa shape index (κ2) is 4.77. The van der Waals surface area contributed by atoms with Crippen molar-refractivity contribution >= 4 is 0 Å². The Morgan fingerprint density at radius 1 is 1.18 bits per heavy atom. The molecule has 2 aliphatic rings. The van der Waals surface area contributed by atoms with Gasteiger partial charge < -0.3 is 9.88 Å². The Morgan fingerprint density at radius 3 is 2.71 bits per heavy atom. The fourth-order valence-corrected chi connectivity index (χ4v) is 3.34. The van der Waals surface area contributed by atoms with Crippen LogP contribution in [0.5, 0.6) is 0 Å². The maximum absolute atomic E-state index is 4.40. The van der Waals surface area contributed by atoms with Crippen molar-refractivity contribution in [2.75, 3.05) is 6.54 Å². The quantitative estimate of drug-likeness (QED) is 0.870. The highest BCUT2D eigenvalue weighted by Crippen LogP contribution is 2.31. The van der Waals surface area contributed by atoms with Crippen molar-refractivity contribution in [3.05, 3.63) is 11.6 Å². The molecule has 1 aliphatic heterocycles. The molecule has 1 aliphatic carbocycles. The summed E-state index contributed by atoms with van der Waals surface area (Å²) in [6.07, 6.45) is 9.00. The summed E-state index contributed by atoms with van der Waals surface area (Å²) in [6, 6.07) is 1.29. The Bertz CT molecular complexity index is 373. The van der Waals surface area contributed by atoms with Gasteiger partial charge in [0.2, 0.25) is 0 Å². The van der Waals surface area contributed by atoms with Gasteiger partial charge in [0.15, 0.2) is 0 Å². The molecule has 4 nitrogen and oxygen atoms in total. The zero-order valence-electron chi connectivity index (χ0n) is 10.7. The fraction of sp³-hybridized carbons (Fsp3) is 0.846. The maximum atomic E-state index is 4.40. The van der Waals surface area contributed by atoms with E-state index in [9.17, 15) is 0 Å². The number of aryl methyl sites for hydroxylation is 1. The third-order valence-corrected chi connectivity index (χ3v) is 4.22. The van der Waals surface area contributed by atoms with Crippen LogP contribution in [0.15, 0.2) is 0 Å². The Morgan fingerprint density at radius 2 is 2.00 bits per heavy atom. The Hall–Kier alpha value is -0.900. The van der Waals surface area contributed by atoms with Crippen LogP contribution in [0.4, 0.5) is 0 Å². The summed E-state index contributed by atoms with van der Waals surface area (Å²) in [6.45, 7) is 3.26. The van der Waals surface area contributed by atoms with E-state index in [1.807, 2.05) is 0 Å². The van der Waals surface area contributed by atoms with Crippen LogP contribution >= 0.6 is 0 Å². The molecule has 0 amide bonds. The van der Waals surface area contributed by atoms with Crippen LogP contribution in [0.3, 0.4) is 0 Å². The van der Waals surface area contributed by atoms with Crippen LogP contribution in [-0.2, 0) is 6.42 Å². The molecule has 1 unspecified atom stereocenters. The molecule has 94 valence electrons. The number of hydrogen-bond acceptors (Lipinski definition) is 3. The smallest absolute Gasteiger partial charge is 0.134 e. The number of aromatic nitrogens is 3. The first-order valence-corrected chi connectivity index (χ1v) is 6.98. The number of hydrogen-bond donors (Lipinski definition) is 1. The number of nitrogens with one attached hydrogen (secondary N) is 1. The van der Waals surface area contributed by atoms with Crippen molar-refractivity contribution in [3.8, 4) is 0 Å². The molecule has 0 aromatic carbocycles. The van der Waals surface area contributed by atoms with Gasteiger partial charge in [0.05, 0.1) is 0 Å². The van der Waals surface area contributed by atoms with E-state index in [1.54, 1.807) is 0 Å². The summed E-state index contributed by atoms with van der Waals surface area (Å²) in [5, 5.41) is 12.2. The average molecular weight is 234 g/mol. The van der Waals surface area contributed by atoms with Gasteiger partial charge in [-0.2, -0.15) is 0 Å². The van der Waals surface area contributed by atoms with Crippen molar-refractivity contribution < 1.29 is 0 Å². The summed E-state index contributed by atoms with van der Waals surface area (Å²) in [5.41, 5.74) is 0. The van der Waals surface area contributed by atoms with E-state index in [1.165, 1.54) is 50.9 Å². The Labute approximate surface area is 103 Å². The highest BCUT2D eigenvalue weighted by molar-refractivity contribution is 5.01. The lowest BCUT2D eigenvalue weighted by Crippen LogP contribution is -2.26. The van der Waals surface area contributed by atoms with E-state index < -0.39 is 0 Å². The lowest BCUT2D eigenvalue weighted by atomic mass is 10.1. The molecule has 4 heteroatoms. The first kappa shape index (κ1) is 11.2. The van der Waals surface area contributed by atoms with Crippen molar-refractivity contribution in [2.24, 2.45) is 0 Å². The van der Waals surface area contributed by atoms with E-state index in [-0.39, 0.29) is 0 Å². The van der Waals surface area contributed by atoms with Crippen LogP contribution in [0, 0.1) is 6.92 Å². The van der Waals surface area contributed by atoms with Gasteiger partial charge >= 0.3 is 0 Å². The van der Waals surface area contributed by atoms with Gasteiger partial charge in [-0.3, -0.25) is 0 Å². The molecule has 2 fully saturated rings. The van der Waals surface area contributed by atoms with Gasteiger partial charge in [0.25, 0.3) is 0 Å². The highest BCUT2D eigenvalue weighted by Gasteiger charge is 2.24. The molecule has 1 atom stereocenters.